The molecule has 0 aliphatic heterocycles. The summed E-state index contributed by atoms with van der Waals surface area (Å²) in [6.07, 6.45) is 11.6. The van der Waals surface area contributed by atoms with Crippen LogP contribution in [0.15, 0.2) is 0 Å². The third kappa shape index (κ3) is 3.21. The van der Waals surface area contributed by atoms with Crippen LogP contribution in [-0.4, -0.2) is 26.7 Å². The summed E-state index contributed by atoms with van der Waals surface area (Å²) in [4.78, 5) is 0. The van der Waals surface area contributed by atoms with Gasteiger partial charge in [0, 0.05) is 13.1 Å². The van der Waals surface area contributed by atoms with Crippen molar-refractivity contribution < 1.29 is 0 Å². The molecule has 0 bridgehead atoms. The first-order valence-electron chi connectivity index (χ1n) is 7.20. The van der Waals surface area contributed by atoms with E-state index in [-0.39, 0.29) is 0 Å². The van der Waals surface area contributed by atoms with Crippen LogP contribution in [0.5, 0.6) is 0 Å². The molecule has 2 heteroatoms. The van der Waals surface area contributed by atoms with E-state index in [1.807, 2.05) is 0 Å². The van der Waals surface area contributed by atoms with Crippen LogP contribution in [0, 0.1) is 11.3 Å². The van der Waals surface area contributed by atoms with E-state index in [9.17, 15) is 0 Å². The van der Waals surface area contributed by atoms with Crippen molar-refractivity contribution >= 4 is 0 Å². The minimum atomic E-state index is 0.601. The summed E-state index contributed by atoms with van der Waals surface area (Å²) >= 11 is 0. The predicted octanol–water partition coefficient (Wildman–Crippen LogP) is 2.55. The Morgan fingerprint density at radius 1 is 1.00 bits per heavy atom. The molecule has 0 unspecified atom stereocenters. The van der Waals surface area contributed by atoms with Crippen molar-refractivity contribution in [3.8, 4) is 0 Å². The van der Waals surface area contributed by atoms with E-state index in [1.54, 1.807) is 0 Å². The fourth-order valence-electron chi connectivity index (χ4n) is 3.40. The molecule has 0 aromatic rings. The van der Waals surface area contributed by atoms with Crippen molar-refractivity contribution in [1.29, 1.82) is 0 Å². The Hall–Kier alpha value is -0.0800. The Labute approximate surface area is 101 Å². The zero-order valence-corrected chi connectivity index (χ0v) is 10.9. The summed E-state index contributed by atoms with van der Waals surface area (Å²) in [7, 11) is 2.08. The van der Waals surface area contributed by atoms with E-state index in [0.717, 1.165) is 5.92 Å². The van der Waals surface area contributed by atoms with Gasteiger partial charge in [0.05, 0.1) is 0 Å². The monoisotopic (exact) mass is 224 g/mol. The minimum Gasteiger partial charge on any atom is -0.319 e. The Bertz CT molecular complexity index is 193. The van der Waals surface area contributed by atoms with Crippen molar-refractivity contribution in [3.63, 3.8) is 0 Å². The van der Waals surface area contributed by atoms with Crippen molar-refractivity contribution in [2.45, 2.75) is 51.4 Å². The van der Waals surface area contributed by atoms with Crippen LogP contribution in [0.1, 0.15) is 51.4 Å². The molecule has 0 radical (unpaired) electrons. The fourth-order valence-corrected chi connectivity index (χ4v) is 3.40. The molecular weight excluding hydrogens is 196 g/mol. The van der Waals surface area contributed by atoms with E-state index in [2.05, 4.69) is 17.7 Å². The van der Waals surface area contributed by atoms with Gasteiger partial charge in [-0.3, -0.25) is 0 Å². The Kier molecular flexibility index (Phi) is 4.66. The van der Waals surface area contributed by atoms with E-state index in [0.29, 0.717) is 5.41 Å². The first-order chi connectivity index (χ1) is 7.85. The van der Waals surface area contributed by atoms with Crippen LogP contribution in [0.25, 0.3) is 0 Å². The molecule has 2 N–H and O–H groups in total. The summed E-state index contributed by atoms with van der Waals surface area (Å²) in [5.41, 5.74) is 0.601. The molecule has 2 aliphatic rings. The quantitative estimate of drug-likeness (QED) is 0.724. The molecule has 0 atom stereocenters. The SMILES string of the molecule is CNCC1(CNCC2CCCCC2)CCC1. The van der Waals surface area contributed by atoms with Gasteiger partial charge in [0.15, 0.2) is 0 Å². The molecule has 0 aromatic carbocycles. The average Bonchev–Trinajstić information content (AvgIpc) is 2.27. The third-order valence-corrected chi connectivity index (χ3v) is 4.62. The van der Waals surface area contributed by atoms with Crippen molar-refractivity contribution in [2.24, 2.45) is 11.3 Å². The van der Waals surface area contributed by atoms with E-state index in [4.69, 9.17) is 0 Å². The summed E-state index contributed by atoms with van der Waals surface area (Å²) < 4.78 is 0. The Balaban J connectivity index is 1.62. The summed E-state index contributed by atoms with van der Waals surface area (Å²) in [5.74, 6) is 0.973. The molecule has 0 aromatic heterocycles. The zero-order valence-electron chi connectivity index (χ0n) is 10.9. The van der Waals surface area contributed by atoms with Gasteiger partial charge in [-0.15, -0.1) is 0 Å². The van der Waals surface area contributed by atoms with Crippen molar-refractivity contribution in [2.75, 3.05) is 26.7 Å². The lowest BCUT2D eigenvalue weighted by atomic mass is 9.68. The molecule has 16 heavy (non-hydrogen) atoms. The maximum atomic E-state index is 3.74. The van der Waals surface area contributed by atoms with Gasteiger partial charge >= 0.3 is 0 Å². The molecular formula is C14H28N2. The molecule has 0 saturated heterocycles. The summed E-state index contributed by atoms with van der Waals surface area (Å²) in [6.45, 7) is 3.71. The van der Waals surface area contributed by atoms with E-state index in [1.165, 1.54) is 71.0 Å². The van der Waals surface area contributed by atoms with Crippen molar-refractivity contribution in [1.82, 2.24) is 10.6 Å². The second kappa shape index (κ2) is 6.02. The second-order valence-electron chi connectivity index (χ2n) is 6.02. The van der Waals surface area contributed by atoms with Crippen LogP contribution in [0.3, 0.4) is 0 Å². The smallest absolute Gasteiger partial charge is 0.00201 e. The molecule has 2 aliphatic carbocycles. The van der Waals surface area contributed by atoms with Crippen LogP contribution in [-0.2, 0) is 0 Å². The highest BCUT2D eigenvalue weighted by Gasteiger charge is 2.35. The lowest BCUT2D eigenvalue weighted by molar-refractivity contribution is 0.127. The third-order valence-electron chi connectivity index (χ3n) is 4.62. The van der Waals surface area contributed by atoms with Crippen LogP contribution < -0.4 is 10.6 Å². The summed E-state index contributed by atoms with van der Waals surface area (Å²) in [6, 6.07) is 0. The second-order valence-corrected chi connectivity index (χ2v) is 6.02. The van der Waals surface area contributed by atoms with Crippen molar-refractivity contribution in [3.05, 3.63) is 0 Å². The van der Waals surface area contributed by atoms with Gasteiger partial charge in [-0.1, -0.05) is 25.7 Å². The maximum Gasteiger partial charge on any atom is 0.00201 e. The van der Waals surface area contributed by atoms with E-state index < -0.39 is 0 Å². The van der Waals surface area contributed by atoms with E-state index >= 15 is 0 Å². The highest BCUT2D eigenvalue weighted by molar-refractivity contribution is 4.91. The Morgan fingerprint density at radius 3 is 2.31 bits per heavy atom. The number of hydrogen-bond acceptors (Lipinski definition) is 2. The molecule has 2 fully saturated rings. The fraction of sp³-hybridized carbons (Fsp3) is 1.00. The number of hydrogen-bond donors (Lipinski definition) is 2. The van der Waals surface area contributed by atoms with Crippen LogP contribution in [0.4, 0.5) is 0 Å². The predicted molar refractivity (Wildman–Crippen MR) is 69.7 cm³/mol. The van der Waals surface area contributed by atoms with Crippen LogP contribution in [0.2, 0.25) is 0 Å². The lowest BCUT2D eigenvalue weighted by Gasteiger charge is -2.42. The zero-order chi connectivity index (χ0) is 11.3. The maximum absolute atomic E-state index is 3.74. The highest BCUT2D eigenvalue weighted by atomic mass is 14.9. The molecule has 0 heterocycles. The molecule has 2 rings (SSSR count). The molecule has 94 valence electrons. The molecule has 2 nitrogen and oxygen atoms in total. The summed E-state index contributed by atoms with van der Waals surface area (Å²) in [5, 5.41) is 7.10. The largest absolute Gasteiger partial charge is 0.319 e. The number of nitrogens with one attached hydrogen (secondary N) is 2. The Morgan fingerprint density at radius 2 is 1.75 bits per heavy atom. The van der Waals surface area contributed by atoms with Gasteiger partial charge < -0.3 is 10.6 Å². The van der Waals surface area contributed by atoms with Gasteiger partial charge in [0.1, 0.15) is 0 Å². The van der Waals surface area contributed by atoms with Gasteiger partial charge in [-0.2, -0.15) is 0 Å². The highest BCUT2D eigenvalue weighted by Crippen LogP contribution is 2.39. The number of rotatable bonds is 6. The minimum absolute atomic E-state index is 0.601. The standard InChI is InChI=1S/C14H28N2/c1-15-11-14(8-5-9-14)12-16-10-13-6-3-2-4-7-13/h13,15-16H,2-12H2,1H3. The normalized spacial score (nSPS) is 25.3. The van der Waals surface area contributed by atoms with Gasteiger partial charge in [0.2, 0.25) is 0 Å². The first kappa shape index (κ1) is 12.4. The lowest BCUT2D eigenvalue weighted by Crippen LogP contribution is -2.47. The molecule has 0 spiro atoms. The molecule has 2 saturated carbocycles. The van der Waals surface area contributed by atoms with Gasteiger partial charge in [-0.05, 0) is 50.6 Å². The molecule has 0 amide bonds. The topological polar surface area (TPSA) is 24.1 Å². The average molecular weight is 224 g/mol. The van der Waals surface area contributed by atoms with Gasteiger partial charge in [-0.25, -0.2) is 0 Å². The van der Waals surface area contributed by atoms with Gasteiger partial charge in [0.25, 0.3) is 0 Å². The van der Waals surface area contributed by atoms with Crippen LogP contribution >= 0.6 is 0 Å². The first-order valence-corrected chi connectivity index (χ1v) is 7.20.